The van der Waals surface area contributed by atoms with Gasteiger partial charge in [0.15, 0.2) is 0 Å². The summed E-state index contributed by atoms with van der Waals surface area (Å²) in [6, 6.07) is 15.0. The predicted molar refractivity (Wildman–Crippen MR) is 103 cm³/mol. The highest BCUT2D eigenvalue weighted by atomic mass is 32.2. The lowest BCUT2D eigenvalue weighted by Crippen LogP contribution is -2.30. The Bertz CT molecular complexity index is 677. The molecule has 2 unspecified atom stereocenters. The highest BCUT2D eigenvalue weighted by molar-refractivity contribution is 7.80. The number of nitrogens with two attached hydrogens (primary N) is 1. The number of nitrogen functional groups attached to an aromatic ring is 1. The van der Waals surface area contributed by atoms with Crippen molar-refractivity contribution in [3.63, 3.8) is 0 Å². The predicted octanol–water partition coefficient (Wildman–Crippen LogP) is 2.44. The van der Waals surface area contributed by atoms with Crippen LogP contribution < -0.4 is 20.1 Å². The molecular weight excluding hydrogens is 338 g/mol. The van der Waals surface area contributed by atoms with Gasteiger partial charge in [-0.2, -0.15) is 0 Å². The van der Waals surface area contributed by atoms with Crippen LogP contribution in [0, 0.1) is 0 Å². The molecule has 0 bridgehead atoms. The van der Waals surface area contributed by atoms with Crippen molar-refractivity contribution in [1.29, 1.82) is 0 Å². The Kier molecular flexibility index (Phi) is 7.24. The highest BCUT2D eigenvalue weighted by Gasteiger charge is 2.08. The van der Waals surface area contributed by atoms with Gasteiger partial charge in [0.05, 0.1) is 5.69 Å². The Morgan fingerprint density at radius 2 is 1.84 bits per heavy atom. The van der Waals surface area contributed by atoms with E-state index in [4.69, 9.17) is 15.0 Å². The first-order valence-electron chi connectivity index (χ1n) is 8.12. The van der Waals surface area contributed by atoms with E-state index in [0.717, 1.165) is 30.9 Å². The molecule has 136 valence electrons. The van der Waals surface area contributed by atoms with Gasteiger partial charge < -0.3 is 15.8 Å². The van der Waals surface area contributed by atoms with Gasteiger partial charge in [0.2, 0.25) is 0 Å². The summed E-state index contributed by atoms with van der Waals surface area (Å²) < 4.78 is 27.2. The number of anilines is 2. The van der Waals surface area contributed by atoms with Gasteiger partial charge in [-0.15, -0.1) is 0 Å². The maximum atomic E-state index is 11.0. The molecule has 25 heavy (non-hydrogen) atoms. The quantitative estimate of drug-likeness (QED) is 0.362. The molecule has 7 heteroatoms. The summed E-state index contributed by atoms with van der Waals surface area (Å²) in [6.07, 6.45) is 0.953. The molecule has 0 saturated carbocycles. The Balaban J connectivity index is 1.71. The zero-order valence-corrected chi connectivity index (χ0v) is 15.3. The largest absolute Gasteiger partial charge is 0.489 e. The summed E-state index contributed by atoms with van der Waals surface area (Å²) in [4.78, 5) is 0. The third-order valence-electron chi connectivity index (χ3n) is 3.77. The number of nitrogens with zero attached hydrogens (tertiary/aromatic N) is 1. The second kappa shape index (κ2) is 9.41. The monoisotopic (exact) mass is 363 g/mol. The molecule has 2 atom stereocenters. The molecule has 6 nitrogen and oxygen atoms in total. The minimum absolute atomic E-state index is 0.0157. The minimum atomic E-state index is -2.03. The summed E-state index contributed by atoms with van der Waals surface area (Å²) in [7, 11) is 1.56. The molecule has 0 aromatic heterocycles. The number of rotatable bonds is 9. The molecule has 2 aromatic rings. The number of benzene rings is 2. The van der Waals surface area contributed by atoms with Crippen LogP contribution in [0.4, 0.5) is 11.4 Å². The van der Waals surface area contributed by atoms with Gasteiger partial charge in [-0.1, -0.05) is 12.1 Å². The van der Waals surface area contributed by atoms with Crippen molar-refractivity contribution >= 4 is 22.6 Å². The van der Waals surface area contributed by atoms with E-state index in [0.29, 0.717) is 5.69 Å². The van der Waals surface area contributed by atoms with Crippen molar-refractivity contribution in [3.05, 3.63) is 54.1 Å². The fourth-order valence-electron chi connectivity index (χ4n) is 2.32. The van der Waals surface area contributed by atoms with Crippen molar-refractivity contribution < 1.29 is 13.5 Å². The topological polar surface area (TPSA) is 87.8 Å². The zero-order chi connectivity index (χ0) is 18.2. The van der Waals surface area contributed by atoms with E-state index in [1.165, 1.54) is 9.87 Å². The molecule has 0 aliphatic heterocycles. The normalized spacial score (nSPS) is 13.2. The Morgan fingerprint density at radius 1 is 1.20 bits per heavy atom. The Morgan fingerprint density at radius 3 is 2.44 bits per heavy atom. The molecule has 2 aromatic carbocycles. The minimum Gasteiger partial charge on any atom is -0.489 e. The summed E-state index contributed by atoms with van der Waals surface area (Å²) in [5, 5.41) is 3.38. The number of ether oxygens (including phenoxy) is 1. The van der Waals surface area contributed by atoms with E-state index in [1.807, 2.05) is 31.2 Å². The molecule has 2 rings (SSSR count). The third kappa shape index (κ3) is 6.38. The maximum absolute atomic E-state index is 11.0. The van der Waals surface area contributed by atoms with Crippen LogP contribution in [0.15, 0.2) is 48.5 Å². The molecule has 0 aliphatic rings. The van der Waals surface area contributed by atoms with Gasteiger partial charge >= 0.3 is 0 Å². The molecule has 0 heterocycles. The van der Waals surface area contributed by atoms with Crippen LogP contribution in [0.3, 0.4) is 0 Å². The van der Waals surface area contributed by atoms with E-state index in [1.54, 1.807) is 31.3 Å². The zero-order valence-electron chi connectivity index (χ0n) is 14.5. The van der Waals surface area contributed by atoms with Crippen molar-refractivity contribution in [2.24, 2.45) is 0 Å². The molecular formula is C18H25N3O3S. The lowest BCUT2D eigenvalue weighted by Gasteiger charge is -2.17. The van der Waals surface area contributed by atoms with Gasteiger partial charge in [-0.25, -0.2) is 4.21 Å². The molecule has 0 radical (unpaired) electrons. The van der Waals surface area contributed by atoms with E-state index in [2.05, 4.69) is 5.32 Å². The summed E-state index contributed by atoms with van der Waals surface area (Å²) in [6.45, 7) is 3.60. The van der Waals surface area contributed by atoms with Crippen LogP contribution in [0.25, 0.3) is 0 Å². The fraction of sp³-hybridized carbons (Fsp3) is 0.333. The standard InChI is InChI=1S/C18H25N3O3S/c1-14(13-20-12-11-15-3-5-16(19)6-4-15)24-18-9-7-17(8-10-18)21(2)25(22)23/h3-10,14,20H,11-13,19H2,1-2H3,(H,22,23). The van der Waals surface area contributed by atoms with Crippen LogP contribution in [-0.2, 0) is 17.7 Å². The molecule has 0 aliphatic carbocycles. The number of hydrogen-bond acceptors (Lipinski definition) is 4. The maximum Gasteiger partial charge on any atom is 0.261 e. The van der Waals surface area contributed by atoms with Gasteiger partial charge in [0, 0.05) is 19.3 Å². The first kappa shape index (κ1) is 19.2. The Hall–Kier alpha value is -2.09. The van der Waals surface area contributed by atoms with Crippen molar-refractivity contribution in [2.75, 3.05) is 30.2 Å². The van der Waals surface area contributed by atoms with E-state index >= 15 is 0 Å². The summed E-state index contributed by atoms with van der Waals surface area (Å²) in [5.74, 6) is 0.730. The van der Waals surface area contributed by atoms with Crippen LogP contribution >= 0.6 is 0 Å². The molecule has 4 N–H and O–H groups in total. The van der Waals surface area contributed by atoms with E-state index < -0.39 is 11.3 Å². The molecule has 0 saturated heterocycles. The van der Waals surface area contributed by atoms with Crippen LogP contribution in [0.5, 0.6) is 5.75 Å². The first-order chi connectivity index (χ1) is 12.0. The van der Waals surface area contributed by atoms with Crippen LogP contribution in [0.1, 0.15) is 12.5 Å². The average molecular weight is 363 g/mol. The van der Waals surface area contributed by atoms with Crippen molar-refractivity contribution in [1.82, 2.24) is 5.32 Å². The smallest absolute Gasteiger partial charge is 0.261 e. The van der Waals surface area contributed by atoms with Crippen LogP contribution in [-0.4, -0.2) is 35.0 Å². The van der Waals surface area contributed by atoms with Crippen molar-refractivity contribution in [2.45, 2.75) is 19.4 Å². The fourth-order valence-corrected chi connectivity index (χ4v) is 2.62. The molecule has 0 fully saturated rings. The van der Waals surface area contributed by atoms with Crippen LogP contribution in [0.2, 0.25) is 0 Å². The first-order valence-corrected chi connectivity index (χ1v) is 9.18. The van der Waals surface area contributed by atoms with Gasteiger partial charge in [0.1, 0.15) is 11.9 Å². The number of hydrogen-bond donors (Lipinski definition) is 3. The highest BCUT2D eigenvalue weighted by Crippen LogP contribution is 2.20. The second-order valence-electron chi connectivity index (χ2n) is 5.85. The summed E-state index contributed by atoms with van der Waals surface area (Å²) in [5.41, 5.74) is 8.35. The summed E-state index contributed by atoms with van der Waals surface area (Å²) >= 11 is -2.03. The van der Waals surface area contributed by atoms with Gasteiger partial charge in [0.25, 0.3) is 11.3 Å². The lowest BCUT2D eigenvalue weighted by atomic mass is 10.1. The number of nitrogens with one attached hydrogen (secondary N) is 1. The van der Waals surface area contributed by atoms with Gasteiger partial charge in [-0.05, 0) is 61.9 Å². The molecule has 0 spiro atoms. The lowest BCUT2D eigenvalue weighted by molar-refractivity contribution is 0.217. The second-order valence-corrected chi connectivity index (χ2v) is 6.86. The SMILES string of the molecule is CC(CNCCc1ccc(N)cc1)Oc1ccc(N(C)S(=O)O)cc1. The van der Waals surface area contributed by atoms with Crippen molar-refractivity contribution in [3.8, 4) is 5.75 Å². The average Bonchev–Trinajstić information content (AvgIpc) is 2.60. The van der Waals surface area contributed by atoms with E-state index in [9.17, 15) is 4.21 Å². The third-order valence-corrected chi connectivity index (χ3v) is 4.45. The van der Waals surface area contributed by atoms with Gasteiger partial charge in [-0.3, -0.25) is 8.86 Å². The van der Waals surface area contributed by atoms with E-state index in [-0.39, 0.29) is 6.10 Å². The Labute approximate surface area is 151 Å². The molecule has 0 amide bonds.